The second kappa shape index (κ2) is 6.35. The molecule has 2 aromatic carbocycles. The number of rotatable bonds is 3. The lowest BCUT2D eigenvalue weighted by atomic mass is 9.95. The zero-order valence-corrected chi connectivity index (χ0v) is 14.6. The molecule has 0 radical (unpaired) electrons. The van der Waals surface area contributed by atoms with Crippen molar-refractivity contribution in [1.82, 2.24) is 4.98 Å². The number of benzene rings is 2. The van der Waals surface area contributed by atoms with E-state index in [4.69, 9.17) is 4.98 Å². The topological polar surface area (TPSA) is 16.8 Å². The maximum absolute atomic E-state index is 4.69. The second-order valence-electron chi connectivity index (χ2n) is 7.23. The molecule has 1 fully saturated rings. The summed E-state index contributed by atoms with van der Waals surface area (Å²) in [6, 6.07) is 15.5. The Kier molecular flexibility index (Phi) is 4.05. The molecule has 1 aliphatic rings. The Balaban J connectivity index is 1.80. The quantitative estimate of drug-likeness (QED) is 0.636. The molecule has 1 aromatic heterocycles. The molecule has 2 heteroatoms. The fourth-order valence-electron chi connectivity index (χ4n) is 4.13. The van der Waals surface area contributed by atoms with Gasteiger partial charge in [0, 0.05) is 5.56 Å². The number of hydrogen-bond donors (Lipinski definition) is 0. The molecule has 0 amide bonds. The third kappa shape index (κ3) is 2.82. The molecule has 0 N–H and O–H groups in total. The van der Waals surface area contributed by atoms with Crippen LogP contribution < -0.4 is 4.57 Å². The average molecular weight is 317 g/mol. The summed E-state index contributed by atoms with van der Waals surface area (Å²) in [4.78, 5) is 4.69. The zero-order valence-electron chi connectivity index (χ0n) is 14.6. The number of hydrogen-bond acceptors (Lipinski definition) is 1. The van der Waals surface area contributed by atoms with Gasteiger partial charge in [-0.25, -0.2) is 4.57 Å². The maximum Gasteiger partial charge on any atom is 0.287 e. The molecular weight excluding hydrogens is 292 g/mol. The van der Waals surface area contributed by atoms with Crippen LogP contribution in [0.3, 0.4) is 0 Å². The van der Waals surface area contributed by atoms with Crippen LogP contribution in [0.4, 0.5) is 0 Å². The first kappa shape index (κ1) is 15.3. The molecule has 0 saturated heterocycles. The van der Waals surface area contributed by atoms with Crippen LogP contribution in [0.2, 0.25) is 0 Å². The molecule has 0 bridgehead atoms. The van der Waals surface area contributed by atoms with Crippen LogP contribution in [0.1, 0.15) is 36.8 Å². The van der Waals surface area contributed by atoms with E-state index in [1.54, 1.807) is 0 Å². The van der Waals surface area contributed by atoms with Crippen molar-refractivity contribution in [2.75, 3.05) is 0 Å². The summed E-state index contributed by atoms with van der Waals surface area (Å²) >= 11 is 0. The first-order valence-corrected chi connectivity index (χ1v) is 9.05. The molecule has 1 saturated carbocycles. The van der Waals surface area contributed by atoms with Gasteiger partial charge in [0.1, 0.15) is 5.69 Å². The van der Waals surface area contributed by atoms with Crippen LogP contribution in [-0.2, 0) is 13.5 Å². The Morgan fingerprint density at radius 3 is 2.67 bits per heavy atom. The SMILES string of the molecule is Cc1ccccc1-c1c2ccc(CC3CCCC3)cc2nc[n+]1C. The van der Waals surface area contributed by atoms with E-state index < -0.39 is 0 Å². The summed E-state index contributed by atoms with van der Waals surface area (Å²) in [6.07, 6.45) is 8.75. The summed E-state index contributed by atoms with van der Waals surface area (Å²) < 4.78 is 2.14. The van der Waals surface area contributed by atoms with Gasteiger partial charge >= 0.3 is 0 Å². The van der Waals surface area contributed by atoms with E-state index in [-0.39, 0.29) is 0 Å². The Labute approximate surface area is 144 Å². The highest BCUT2D eigenvalue weighted by atomic mass is 15.0. The van der Waals surface area contributed by atoms with Gasteiger partial charge in [-0.1, -0.05) is 56.0 Å². The normalized spacial score (nSPS) is 15.2. The minimum atomic E-state index is 0.873. The van der Waals surface area contributed by atoms with Gasteiger partial charge in [0.2, 0.25) is 0 Å². The van der Waals surface area contributed by atoms with E-state index in [0.29, 0.717) is 0 Å². The van der Waals surface area contributed by atoms with E-state index in [0.717, 1.165) is 11.4 Å². The van der Waals surface area contributed by atoms with Gasteiger partial charge in [-0.05, 0) is 47.5 Å². The van der Waals surface area contributed by atoms with Crippen molar-refractivity contribution >= 4 is 10.9 Å². The van der Waals surface area contributed by atoms with Gasteiger partial charge in [0.15, 0.2) is 5.52 Å². The first-order chi connectivity index (χ1) is 11.7. The smallest absolute Gasteiger partial charge is 0.232 e. The minimum Gasteiger partial charge on any atom is -0.232 e. The summed E-state index contributed by atoms with van der Waals surface area (Å²) in [5, 5.41) is 1.24. The Hall–Kier alpha value is -2.22. The van der Waals surface area contributed by atoms with E-state index in [1.165, 1.54) is 59.9 Å². The van der Waals surface area contributed by atoms with E-state index >= 15 is 0 Å². The number of nitrogens with zero attached hydrogens (tertiary/aromatic N) is 2. The highest BCUT2D eigenvalue weighted by Crippen LogP contribution is 2.30. The predicted octanol–water partition coefficient (Wildman–Crippen LogP) is 4.77. The fourth-order valence-corrected chi connectivity index (χ4v) is 4.13. The third-order valence-electron chi connectivity index (χ3n) is 5.44. The molecule has 0 aliphatic heterocycles. The van der Waals surface area contributed by atoms with Crippen LogP contribution >= 0.6 is 0 Å². The summed E-state index contributed by atoms with van der Waals surface area (Å²) in [5.41, 5.74) is 6.39. The molecule has 1 aliphatic carbocycles. The molecule has 122 valence electrons. The largest absolute Gasteiger partial charge is 0.287 e. The molecular formula is C22H25N2+. The fraction of sp³-hybridized carbons (Fsp3) is 0.364. The van der Waals surface area contributed by atoms with E-state index in [2.05, 4.69) is 61.0 Å². The van der Waals surface area contributed by atoms with Crippen LogP contribution in [0.15, 0.2) is 48.8 Å². The molecule has 4 rings (SSSR count). The highest BCUT2D eigenvalue weighted by molar-refractivity contribution is 5.91. The highest BCUT2D eigenvalue weighted by Gasteiger charge is 2.19. The number of fused-ring (bicyclic) bond motifs is 1. The van der Waals surface area contributed by atoms with Gasteiger partial charge in [-0.3, -0.25) is 0 Å². The average Bonchev–Trinajstić information content (AvgIpc) is 3.09. The van der Waals surface area contributed by atoms with Gasteiger partial charge in [-0.2, -0.15) is 0 Å². The van der Waals surface area contributed by atoms with Gasteiger partial charge in [0.25, 0.3) is 6.33 Å². The maximum atomic E-state index is 4.69. The van der Waals surface area contributed by atoms with E-state index in [1.807, 2.05) is 6.33 Å². The van der Waals surface area contributed by atoms with Crippen molar-refractivity contribution in [2.45, 2.75) is 39.0 Å². The van der Waals surface area contributed by atoms with Crippen molar-refractivity contribution in [1.29, 1.82) is 0 Å². The zero-order chi connectivity index (χ0) is 16.5. The van der Waals surface area contributed by atoms with Crippen molar-refractivity contribution in [3.05, 3.63) is 59.9 Å². The van der Waals surface area contributed by atoms with Crippen LogP contribution in [0.5, 0.6) is 0 Å². The Morgan fingerprint density at radius 2 is 1.88 bits per heavy atom. The van der Waals surface area contributed by atoms with Gasteiger partial charge < -0.3 is 0 Å². The lowest BCUT2D eigenvalue weighted by Gasteiger charge is -2.11. The molecule has 1 heterocycles. The van der Waals surface area contributed by atoms with Crippen LogP contribution in [0, 0.1) is 12.8 Å². The van der Waals surface area contributed by atoms with Crippen molar-refractivity contribution in [2.24, 2.45) is 13.0 Å². The number of aryl methyl sites for hydroxylation is 2. The number of aromatic nitrogens is 2. The minimum absolute atomic E-state index is 0.873. The van der Waals surface area contributed by atoms with Crippen LogP contribution in [0.25, 0.3) is 22.2 Å². The van der Waals surface area contributed by atoms with Crippen molar-refractivity contribution < 1.29 is 4.57 Å². The molecule has 0 atom stereocenters. The van der Waals surface area contributed by atoms with Gasteiger partial charge in [-0.15, -0.1) is 0 Å². The van der Waals surface area contributed by atoms with E-state index in [9.17, 15) is 0 Å². The first-order valence-electron chi connectivity index (χ1n) is 9.05. The molecule has 2 nitrogen and oxygen atoms in total. The Morgan fingerprint density at radius 1 is 1.08 bits per heavy atom. The third-order valence-corrected chi connectivity index (χ3v) is 5.44. The Bertz CT molecular complexity index is 876. The molecule has 24 heavy (non-hydrogen) atoms. The predicted molar refractivity (Wildman–Crippen MR) is 98.8 cm³/mol. The monoisotopic (exact) mass is 317 g/mol. The molecule has 0 spiro atoms. The standard InChI is InChI=1S/C22H25N2/c1-16-7-3-6-10-19(16)22-20-12-11-18(13-17-8-4-5-9-17)14-21(20)23-15-24(22)2/h3,6-7,10-12,14-15,17H,4-5,8-9,13H2,1-2H3/q+1. The summed E-state index contributed by atoms with van der Waals surface area (Å²) in [7, 11) is 2.08. The summed E-state index contributed by atoms with van der Waals surface area (Å²) in [6.45, 7) is 2.18. The second-order valence-corrected chi connectivity index (χ2v) is 7.23. The lowest BCUT2D eigenvalue weighted by Crippen LogP contribution is -2.31. The molecule has 3 aromatic rings. The summed E-state index contributed by atoms with van der Waals surface area (Å²) in [5.74, 6) is 0.873. The van der Waals surface area contributed by atoms with Crippen molar-refractivity contribution in [3.8, 4) is 11.3 Å². The lowest BCUT2D eigenvalue weighted by molar-refractivity contribution is -0.662. The van der Waals surface area contributed by atoms with Gasteiger partial charge in [0.05, 0.1) is 12.4 Å². The molecule has 0 unspecified atom stereocenters. The van der Waals surface area contributed by atoms with Crippen LogP contribution in [-0.4, -0.2) is 4.98 Å². The van der Waals surface area contributed by atoms with Crippen molar-refractivity contribution in [3.63, 3.8) is 0 Å².